The molecular formula is C53H34N2. The zero-order valence-electron chi connectivity index (χ0n) is 30.0. The third kappa shape index (κ3) is 4.82. The molecular weight excluding hydrogens is 665 g/mol. The van der Waals surface area contributed by atoms with Crippen LogP contribution >= 0.6 is 0 Å². The van der Waals surface area contributed by atoms with Crippen molar-refractivity contribution in [2.24, 2.45) is 0 Å². The lowest BCUT2D eigenvalue weighted by Gasteiger charge is -2.30. The van der Waals surface area contributed by atoms with Gasteiger partial charge in [0, 0.05) is 16.7 Å². The summed E-state index contributed by atoms with van der Waals surface area (Å²) >= 11 is 0. The Morgan fingerprint density at radius 3 is 1.29 bits per heavy atom. The van der Waals surface area contributed by atoms with Gasteiger partial charge in [0.1, 0.15) is 0 Å². The topological polar surface area (TPSA) is 25.8 Å². The Hall–Kier alpha value is -7.16. The highest BCUT2D eigenvalue weighted by atomic mass is 14.9. The van der Waals surface area contributed by atoms with Crippen LogP contribution in [0.5, 0.6) is 0 Å². The van der Waals surface area contributed by atoms with Gasteiger partial charge in [-0.3, -0.25) is 0 Å². The molecule has 0 N–H and O–H groups in total. The average molecular weight is 699 g/mol. The van der Waals surface area contributed by atoms with Crippen molar-refractivity contribution < 1.29 is 0 Å². The van der Waals surface area contributed by atoms with Gasteiger partial charge in [0.25, 0.3) is 0 Å². The number of nitrogens with zero attached hydrogens (tertiary/aromatic N) is 2. The molecule has 2 heteroatoms. The third-order valence-corrected chi connectivity index (χ3v) is 11.6. The molecule has 256 valence electrons. The first-order valence-electron chi connectivity index (χ1n) is 18.9. The molecule has 0 saturated carbocycles. The lowest BCUT2D eigenvalue weighted by Crippen LogP contribution is -2.25. The highest BCUT2D eigenvalue weighted by Crippen LogP contribution is 2.63. The van der Waals surface area contributed by atoms with Crippen molar-refractivity contribution in [3.8, 4) is 78.4 Å². The van der Waals surface area contributed by atoms with Crippen LogP contribution in [0.4, 0.5) is 0 Å². The number of benzene rings is 8. The summed E-state index contributed by atoms with van der Waals surface area (Å²) in [5, 5.41) is 0. The highest BCUT2D eigenvalue weighted by Gasteiger charge is 2.51. The van der Waals surface area contributed by atoms with Crippen molar-refractivity contribution in [3.63, 3.8) is 0 Å². The fraction of sp³-hybridized carbons (Fsp3) is 0.0189. The maximum Gasteiger partial charge on any atom is 0.160 e. The van der Waals surface area contributed by atoms with E-state index in [2.05, 4.69) is 194 Å². The second kappa shape index (κ2) is 12.5. The van der Waals surface area contributed by atoms with E-state index in [-0.39, 0.29) is 5.41 Å². The van der Waals surface area contributed by atoms with Gasteiger partial charge in [0.05, 0.1) is 16.8 Å². The molecule has 11 rings (SSSR count). The van der Waals surface area contributed by atoms with Crippen LogP contribution in [0.15, 0.2) is 206 Å². The van der Waals surface area contributed by atoms with Crippen LogP contribution in [0.3, 0.4) is 0 Å². The predicted octanol–water partition coefficient (Wildman–Crippen LogP) is 13.2. The Labute approximate surface area is 321 Å². The molecule has 2 aliphatic carbocycles. The van der Waals surface area contributed by atoms with E-state index in [0.29, 0.717) is 5.82 Å². The van der Waals surface area contributed by atoms with Crippen molar-refractivity contribution in [2.75, 3.05) is 0 Å². The van der Waals surface area contributed by atoms with Gasteiger partial charge in [-0.05, 0) is 72.8 Å². The molecule has 0 amide bonds. The summed E-state index contributed by atoms with van der Waals surface area (Å²) in [4.78, 5) is 10.3. The monoisotopic (exact) mass is 698 g/mol. The van der Waals surface area contributed by atoms with Crippen LogP contribution in [0.25, 0.3) is 78.4 Å². The second-order valence-electron chi connectivity index (χ2n) is 14.5. The maximum absolute atomic E-state index is 5.17. The molecule has 0 atom stereocenters. The smallest absolute Gasteiger partial charge is 0.160 e. The number of hydrogen-bond acceptors (Lipinski definition) is 2. The van der Waals surface area contributed by atoms with Crippen LogP contribution in [0.1, 0.15) is 22.3 Å². The minimum Gasteiger partial charge on any atom is -0.228 e. The number of fused-ring (bicyclic) bond motifs is 10. The van der Waals surface area contributed by atoms with E-state index in [1.165, 1.54) is 66.8 Å². The summed E-state index contributed by atoms with van der Waals surface area (Å²) in [7, 11) is 0. The quantitative estimate of drug-likeness (QED) is 0.179. The zero-order valence-corrected chi connectivity index (χ0v) is 30.0. The van der Waals surface area contributed by atoms with Crippen LogP contribution < -0.4 is 0 Å². The molecule has 1 heterocycles. The first-order chi connectivity index (χ1) is 27.3. The summed E-state index contributed by atoms with van der Waals surface area (Å²) in [6.07, 6.45) is 0. The Bertz CT molecular complexity index is 2850. The van der Waals surface area contributed by atoms with Gasteiger partial charge in [-0.1, -0.05) is 200 Å². The van der Waals surface area contributed by atoms with E-state index in [1.807, 2.05) is 12.1 Å². The number of hydrogen-bond donors (Lipinski definition) is 0. The van der Waals surface area contributed by atoms with Gasteiger partial charge < -0.3 is 0 Å². The van der Waals surface area contributed by atoms with Gasteiger partial charge >= 0.3 is 0 Å². The minimum absolute atomic E-state index is 0.362. The summed E-state index contributed by atoms with van der Waals surface area (Å²) in [6.45, 7) is 0. The standard InChI is InChI=1S/C53H34N2/c1-3-14-35(15-4-1)36-26-32-40(33-27-36)52-54-49(38-16-5-2-6-17-38)34-50(55-52)39-30-28-37(29-31-39)41-21-13-25-48-51(41)44-20-9-12-24-47(44)53(48)45-22-10-7-18-42(45)43-19-8-11-23-46(43)53/h1-34H. The molecule has 2 nitrogen and oxygen atoms in total. The maximum atomic E-state index is 5.17. The lowest BCUT2D eigenvalue weighted by atomic mass is 9.70. The van der Waals surface area contributed by atoms with Crippen molar-refractivity contribution in [2.45, 2.75) is 5.41 Å². The molecule has 2 aliphatic rings. The zero-order chi connectivity index (χ0) is 36.3. The van der Waals surface area contributed by atoms with Gasteiger partial charge in [-0.15, -0.1) is 0 Å². The molecule has 55 heavy (non-hydrogen) atoms. The third-order valence-electron chi connectivity index (χ3n) is 11.6. The molecule has 0 unspecified atom stereocenters. The predicted molar refractivity (Wildman–Crippen MR) is 226 cm³/mol. The molecule has 9 aromatic rings. The summed E-state index contributed by atoms with van der Waals surface area (Å²) in [5.41, 5.74) is 20.0. The van der Waals surface area contributed by atoms with Crippen molar-refractivity contribution in [1.29, 1.82) is 0 Å². The Morgan fingerprint density at radius 1 is 0.273 bits per heavy atom. The Morgan fingerprint density at radius 2 is 0.673 bits per heavy atom. The van der Waals surface area contributed by atoms with Gasteiger partial charge in [0.15, 0.2) is 5.82 Å². The Kier molecular flexibility index (Phi) is 7.11. The molecule has 0 fully saturated rings. The molecule has 1 spiro atoms. The van der Waals surface area contributed by atoms with Crippen LogP contribution in [0, 0.1) is 0 Å². The van der Waals surface area contributed by atoms with Crippen LogP contribution in [-0.2, 0) is 5.41 Å². The highest BCUT2D eigenvalue weighted by molar-refractivity contribution is 6.00. The van der Waals surface area contributed by atoms with Crippen LogP contribution in [-0.4, -0.2) is 9.97 Å². The van der Waals surface area contributed by atoms with E-state index in [0.717, 1.165) is 28.1 Å². The van der Waals surface area contributed by atoms with E-state index in [4.69, 9.17) is 9.97 Å². The van der Waals surface area contributed by atoms with E-state index >= 15 is 0 Å². The van der Waals surface area contributed by atoms with Crippen molar-refractivity contribution in [1.82, 2.24) is 9.97 Å². The van der Waals surface area contributed by atoms with Gasteiger partial charge in [0.2, 0.25) is 0 Å². The summed E-state index contributed by atoms with van der Waals surface area (Å²) in [5.74, 6) is 0.708. The summed E-state index contributed by atoms with van der Waals surface area (Å²) in [6, 6.07) is 74.3. The first-order valence-corrected chi connectivity index (χ1v) is 18.9. The molecule has 8 aromatic carbocycles. The largest absolute Gasteiger partial charge is 0.228 e. The van der Waals surface area contributed by atoms with Gasteiger partial charge in [-0.25, -0.2) is 9.97 Å². The second-order valence-corrected chi connectivity index (χ2v) is 14.5. The van der Waals surface area contributed by atoms with E-state index in [1.54, 1.807) is 0 Å². The normalized spacial score (nSPS) is 12.9. The lowest BCUT2D eigenvalue weighted by molar-refractivity contribution is 0.794. The fourth-order valence-electron chi connectivity index (χ4n) is 9.13. The minimum atomic E-state index is -0.362. The van der Waals surface area contributed by atoms with Crippen molar-refractivity contribution in [3.05, 3.63) is 229 Å². The summed E-state index contributed by atoms with van der Waals surface area (Å²) < 4.78 is 0. The van der Waals surface area contributed by atoms with E-state index < -0.39 is 0 Å². The molecule has 0 bridgehead atoms. The molecule has 0 radical (unpaired) electrons. The fourth-order valence-corrected chi connectivity index (χ4v) is 9.13. The SMILES string of the molecule is c1ccc(-c2ccc(-c3nc(-c4ccccc4)cc(-c4ccc(-c5cccc6c5-c5ccccc5C65c6ccccc6-c6ccccc65)cc4)n3)cc2)cc1. The molecule has 0 saturated heterocycles. The van der Waals surface area contributed by atoms with Crippen LogP contribution in [0.2, 0.25) is 0 Å². The van der Waals surface area contributed by atoms with Gasteiger partial charge in [-0.2, -0.15) is 0 Å². The average Bonchev–Trinajstić information content (AvgIpc) is 3.75. The first kappa shape index (κ1) is 31.4. The van der Waals surface area contributed by atoms with E-state index in [9.17, 15) is 0 Å². The van der Waals surface area contributed by atoms with Crippen molar-refractivity contribution >= 4 is 0 Å². The molecule has 0 aliphatic heterocycles. The number of aromatic nitrogens is 2. The Balaban J connectivity index is 1.03. The molecule has 1 aromatic heterocycles. The number of rotatable bonds is 5.